The minimum Gasteiger partial charge on any atom is -0.463 e. The maximum Gasteiger partial charge on any atom is 0.246 e. The number of halogens is 2. The fourth-order valence-corrected chi connectivity index (χ4v) is 8.16. The number of nitrogens with zero attached hydrogens (tertiary/aromatic N) is 7. The van der Waals surface area contributed by atoms with Crippen LogP contribution in [0.4, 0.5) is 4.39 Å². The third-order valence-corrected chi connectivity index (χ3v) is 10.6. The van der Waals surface area contributed by atoms with Gasteiger partial charge < -0.3 is 14.4 Å². The molecule has 12 heteroatoms. The van der Waals surface area contributed by atoms with Crippen molar-refractivity contribution >= 4 is 55.8 Å². The summed E-state index contributed by atoms with van der Waals surface area (Å²) in [4.78, 5) is 19.7. The lowest BCUT2D eigenvalue weighted by atomic mass is 9.93. The second-order valence-electron chi connectivity index (χ2n) is 13.4. The van der Waals surface area contributed by atoms with Crippen molar-refractivity contribution in [3.8, 4) is 29.1 Å². The van der Waals surface area contributed by atoms with Gasteiger partial charge in [-0.15, -0.1) is 0 Å². The monoisotopic (exact) mass is 718 g/mol. The first-order valence-corrected chi connectivity index (χ1v) is 17.8. The van der Waals surface area contributed by atoms with Crippen LogP contribution in [0.15, 0.2) is 60.8 Å². The van der Waals surface area contributed by atoms with Gasteiger partial charge in [-0.3, -0.25) is 9.48 Å². The van der Waals surface area contributed by atoms with E-state index in [0.29, 0.717) is 58.8 Å². The van der Waals surface area contributed by atoms with E-state index in [2.05, 4.69) is 16.7 Å². The number of nitriles is 2. The van der Waals surface area contributed by atoms with E-state index in [1.807, 2.05) is 36.9 Å². The van der Waals surface area contributed by atoms with Gasteiger partial charge in [0.15, 0.2) is 17.6 Å². The summed E-state index contributed by atoms with van der Waals surface area (Å²) in [6.45, 7) is 3.62. The van der Waals surface area contributed by atoms with E-state index in [0.717, 1.165) is 30.5 Å². The van der Waals surface area contributed by atoms with Crippen LogP contribution in [-0.4, -0.2) is 81.9 Å². The van der Waals surface area contributed by atoms with Crippen molar-refractivity contribution < 1.29 is 23.2 Å². The molecule has 2 aliphatic rings. The average Bonchev–Trinajstić information content (AvgIpc) is 3.79. The van der Waals surface area contributed by atoms with Gasteiger partial charge in [0.1, 0.15) is 19.1 Å². The molecular formula is C40H38ClFN7O3+. The van der Waals surface area contributed by atoms with E-state index in [1.165, 1.54) is 6.08 Å². The van der Waals surface area contributed by atoms with Gasteiger partial charge in [-0.25, -0.2) is 13.9 Å². The van der Waals surface area contributed by atoms with Crippen LogP contribution in [0.2, 0.25) is 5.02 Å². The number of rotatable bonds is 9. The van der Waals surface area contributed by atoms with Crippen LogP contribution in [-0.2, 0) is 9.53 Å². The number of hydrogen-bond donors (Lipinski definition) is 0. The van der Waals surface area contributed by atoms with E-state index in [1.54, 1.807) is 48.5 Å². The Morgan fingerprint density at radius 1 is 1.23 bits per heavy atom. The van der Waals surface area contributed by atoms with Crippen LogP contribution < -0.4 is 4.74 Å². The van der Waals surface area contributed by atoms with Gasteiger partial charge in [-0.05, 0) is 42.8 Å². The Bertz CT molecular complexity index is 2370. The highest BCUT2D eigenvalue weighted by atomic mass is 35.5. The fraction of sp³-hybridized carbons (Fsp3) is 0.350. The van der Waals surface area contributed by atoms with Crippen LogP contribution >= 0.6 is 11.6 Å². The molecule has 3 atom stereocenters. The highest BCUT2D eigenvalue weighted by molar-refractivity contribution is 6.35. The van der Waals surface area contributed by atoms with E-state index in [9.17, 15) is 15.3 Å². The lowest BCUT2D eigenvalue weighted by Gasteiger charge is -2.38. The summed E-state index contributed by atoms with van der Waals surface area (Å²) in [7, 11) is 3.60. The minimum atomic E-state index is -0.633. The molecule has 0 saturated carbocycles. The summed E-state index contributed by atoms with van der Waals surface area (Å²) in [5.41, 5.74) is 2.86. The van der Waals surface area contributed by atoms with Crippen LogP contribution in [0.1, 0.15) is 50.6 Å². The summed E-state index contributed by atoms with van der Waals surface area (Å²) >= 11 is 7.03. The zero-order chi connectivity index (χ0) is 36.5. The molecule has 0 unspecified atom stereocenters. The van der Waals surface area contributed by atoms with Gasteiger partial charge in [0.2, 0.25) is 11.8 Å². The molecule has 0 aliphatic carbocycles. The van der Waals surface area contributed by atoms with Crippen LogP contribution in [0, 0.1) is 28.5 Å². The highest BCUT2D eigenvalue weighted by Crippen LogP contribution is 2.44. The van der Waals surface area contributed by atoms with Gasteiger partial charge in [0.25, 0.3) is 0 Å². The number of piperidine rings is 1. The smallest absolute Gasteiger partial charge is 0.246 e. The average molecular weight is 719 g/mol. The van der Waals surface area contributed by atoms with Crippen molar-refractivity contribution in [2.45, 2.75) is 57.2 Å². The van der Waals surface area contributed by atoms with Crippen molar-refractivity contribution in [2.75, 3.05) is 33.9 Å². The molecule has 1 amide bonds. The minimum absolute atomic E-state index is 0.0662. The van der Waals surface area contributed by atoms with Crippen molar-refractivity contribution in [1.29, 1.82) is 10.5 Å². The zero-order valence-electron chi connectivity index (χ0n) is 29.3. The highest BCUT2D eigenvalue weighted by Gasteiger charge is 2.34. The number of carbonyl (C=O) groups excluding carboxylic acids is 1. The van der Waals surface area contributed by atoms with Crippen LogP contribution in [0.25, 0.3) is 43.7 Å². The summed E-state index contributed by atoms with van der Waals surface area (Å²) < 4.78 is 33.0. The first-order valence-electron chi connectivity index (χ1n) is 17.4. The number of amides is 1. The Labute approximate surface area is 305 Å². The molecular weight excluding hydrogens is 681 g/mol. The number of fused-ring (bicyclic) bond motifs is 4. The van der Waals surface area contributed by atoms with Gasteiger partial charge in [0, 0.05) is 54.9 Å². The second-order valence-corrected chi connectivity index (χ2v) is 13.8. The lowest BCUT2D eigenvalue weighted by Crippen LogP contribution is -2.46. The molecule has 0 N–H and O–H groups in total. The third kappa shape index (κ3) is 6.25. The molecule has 2 aromatic heterocycles. The zero-order valence-corrected chi connectivity index (χ0v) is 30.0. The fourth-order valence-electron chi connectivity index (χ4n) is 7.87. The molecule has 5 aromatic rings. The largest absolute Gasteiger partial charge is 0.463 e. The maximum atomic E-state index is 17.3. The quantitative estimate of drug-likeness (QED) is 0.115. The molecule has 264 valence electrons. The predicted octanol–water partition coefficient (Wildman–Crippen LogP) is 7.36. The molecule has 4 heterocycles. The van der Waals surface area contributed by atoms with E-state index in [4.69, 9.17) is 31.2 Å². The molecule has 0 radical (unpaired) electrons. The van der Waals surface area contributed by atoms with Gasteiger partial charge in [-0.2, -0.15) is 15.6 Å². The Hall–Kier alpha value is -5.36. The molecule has 1 saturated heterocycles. The third-order valence-electron chi connectivity index (χ3n) is 10.3. The van der Waals surface area contributed by atoms with E-state index in [-0.39, 0.29) is 52.5 Å². The second kappa shape index (κ2) is 14.7. The Kier molecular flexibility index (Phi) is 9.92. The van der Waals surface area contributed by atoms with Gasteiger partial charge >= 0.3 is 0 Å². The van der Waals surface area contributed by atoms with Gasteiger partial charge in [0.05, 0.1) is 58.9 Å². The van der Waals surface area contributed by atoms with Crippen molar-refractivity contribution in [1.82, 2.24) is 19.7 Å². The van der Waals surface area contributed by atoms with Crippen molar-refractivity contribution in [3.63, 3.8) is 0 Å². The molecule has 1 fully saturated rings. The normalized spacial score (nSPS) is 18.4. The lowest BCUT2D eigenvalue weighted by molar-refractivity contribution is -0.491. The molecule has 10 nitrogen and oxygen atoms in total. The molecule has 2 aliphatic heterocycles. The summed E-state index contributed by atoms with van der Waals surface area (Å²) in [6.07, 6.45) is 7.61. The molecule has 0 spiro atoms. The standard InChI is InChI=1S/C40H38ClFN7O3/c1-24(33-12-6-17-47(33)2)52-40-31-23-45-49(28-15-18-48(27(20-28)14-16-43)34(50)13-7-19-51-3)39(31)30-21-32(41)36(37(42)38(30)46-40)29-11-5-9-25-8-4-10-26(22-44)35(25)29/h4-5,7-11,13,21,23-24,27-28H,6,12,14-15,17-20H2,1-3H3/q+1/b13-7+/t24-,27+,28-/m0/s1. The number of hydrogen-bond acceptors (Lipinski definition) is 7. The maximum absolute atomic E-state index is 17.3. The van der Waals surface area contributed by atoms with Crippen LogP contribution in [0.3, 0.4) is 0 Å². The molecule has 7 rings (SSSR count). The number of methoxy groups -OCH3 is 1. The number of pyridine rings is 1. The molecule has 3 aromatic carbocycles. The number of ether oxygens (including phenoxy) is 2. The first kappa shape index (κ1) is 35.1. The summed E-state index contributed by atoms with van der Waals surface area (Å²) in [5.74, 6) is -0.559. The predicted molar refractivity (Wildman–Crippen MR) is 198 cm³/mol. The van der Waals surface area contributed by atoms with Gasteiger partial charge in [-0.1, -0.05) is 48.0 Å². The Balaban J connectivity index is 1.40. The number of carbonyl (C=O) groups is 1. The number of benzene rings is 3. The number of aromatic nitrogens is 3. The van der Waals surface area contributed by atoms with E-state index < -0.39 is 5.82 Å². The first-order chi connectivity index (χ1) is 25.2. The van der Waals surface area contributed by atoms with Crippen molar-refractivity contribution in [2.24, 2.45) is 0 Å². The SMILES string of the molecule is COC/C=C/C(=O)N1CC[C@H](n2ncc3c(O[C@@H](C)C4=[N+](C)CCC4)nc4c(F)c(-c5cccc6cccc(C#N)c56)c(Cl)cc4c32)C[C@H]1CC#N. The Morgan fingerprint density at radius 2 is 2.04 bits per heavy atom. The molecule has 52 heavy (non-hydrogen) atoms. The summed E-state index contributed by atoms with van der Waals surface area (Å²) in [5, 5.41) is 27.2. The van der Waals surface area contributed by atoms with E-state index >= 15 is 4.39 Å². The van der Waals surface area contributed by atoms with Crippen molar-refractivity contribution in [3.05, 3.63) is 77.2 Å². The number of likely N-dealkylation sites (tertiary alicyclic amines) is 1. The molecule has 0 bridgehead atoms. The van der Waals surface area contributed by atoms with Crippen LogP contribution in [0.5, 0.6) is 5.88 Å². The topological polar surface area (TPSA) is 120 Å². The Morgan fingerprint density at radius 3 is 2.77 bits per heavy atom. The summed E-state index contributed by atoms with van der Waals surface area (Å²) in [6, 6.07) is 16.5.